The third kappa shape index (κ3) is 3.13. The van der Waals surface area contributed by atoms with E-state index < -0.39 is 0 Å². The Morgan fingerprint density at radius 3 is 2.53 bits per heavy atom. The van der Waals surface area contributed by atoms with E-state index >= 15 is 0 Å². The summed E-state index contributed by atoms with van der Waals surface area (Å²) >= 11 is 0. The topological polar surface area (TPSA) is 70.3 Å². The summed E-state index contributed by atoms with van der Waals surface area (Å²) in [6, 6.07) is 7.70. The van der Waals surface area contributed by atoms with E-state index in [1.54, 1.807) is 7.11 Å². The minimum atomic E-state index is 0.438. The number of aromatic nitrogens is 2. The number of hydrogen-bond acceptors (Lipinski definition) is 5. The monoisotopic (exact) mass is 259 g/mol. The molecule has 0 fully saturated rings. The van der Waals surface area contributed by atoms with Crippen LogP contribution in [0.25, 0.3) is 0 Å². The van der Waals surface area contributed by atoms with Gasteiger partial charge in [-0.1, -0.05) is 19.1 Å². The predicted molar refractivity (Wildman–Crippen MR) is 73.1 cm³/mol. The summed E-state index contributed by atoms with van der Waals surface area (Å²) in [5.41, 5.74) is 7.68. The third-order valence-electron chi connectivity index (χ3n) is 2.83. The molecular formula is C14H17N3O2. The molecule has 0 aliphatic rings. The molecule has 2 rings (SSSR count). The Balaban J connectivity index is 2.07. The van der Waals surface area contributed by atoms with Crippen molar-refractivity contribution in [2.24, 2.45) is 0 Å². The molecule has 0 aliphatic carbocycles. The first-order chi connectivity index (χ1) is 9.24. The zero-order valence-electron chi connectivity index (χ0n) is 11.1. The number of anilines is 1. The Hall–Kier alpha value is -2.30. The quantitative estimate of drug-likeness (QED) is 0.891. The van der Waals surface area contributed by atoms with Gasteiger partial charge in [-0.25, -0.2) is 9.97 Å². The van der Waals surface area contributed by atoms with Gasteiger partial charge >= 0.3 is 0 Å². The van der Waals surface area contributed by atoms with Crippen molar-refractivity contribution in [1.29, 1.82) is 0 Å². The molecule has 0 unspecified atom stereocenters. The maximum Gasteiger partial charge on any atom is 0.222 e. The molecule has 0 bridgehead atoms. The van der Waals surface area contributed by atoms with E-state index in [0.717, 1.165) is 23.3 Å². The molecule has 2 aromatic rings. The molecule has 0 radical (unpaired) electrons. The van der Waals surface area contributed by atoms with Crippen molar-refractivity contribution in [3.63, 3.8) is 0 Å². The number of nitrogens with zero attached hydrogens (tertiary/aromatic N) is 2. The van der Waals surface area contributed by atoms with Crippen LogP contribution in [0.5, 0.6) is 11.6 Å². The van der Waals surface area contributed by atoms with Crippen molar-refractivity contribution < 1.29 is 9.47 Å². The van der Waals surface area contributed by atoms with E-state index in [9.17, 15) is 0 Å². The van der Waals surface area contributed by atoms with Gasteiger partial charge < -0.3 is 15.2 Å². The van der Waals surface area contributed by atoms with E-state index in [4.69, 9.17) is 15.2 Å². The Kier molecular flexibility index (Phi) is 4.18. The van der Waals surface area contributed by atoms with Crippen LogP contribution in [0.1, 0.15) is 18.1 Å². The van der Waals surface area contributed by atoms with E-state index in [1.807, 2.05) is 31.2 Å². The van der Waals surface area contributed by atoms with Crippen molar-refractivity contribution in [1.82, 2.24) is 9.97 Å². The van der Waals surface area contributed by atoms with Crippen molar-refractivity contribution in [3.05, 3.63) is 41.7 Å². The maximum absolute atomic E-state index is 5.79. The highest BCUT2D eigenvalue weighted by atomic mass is 16.5. The lowest BCUT2D eigenvalue weighted by Gasteiger charge is -2.10. The molecule has 0 amide bonds. The normalized spacial score (nSPS) is 10.2. The van der Waals surface area contributed by atoms with Gasteiger partial charge in [-0.15, -0.1) is 0 Å². The molecule has 0 aliphatic heterocycles. The largest absolute Gasteiger partial charge is 0.497 e. The molecule has 0 atom stereocenters. The molecule has 1 aromatic heterocycles. The zero-order valence-corrected chi connectivity index (χ0v) is 11.1. The summed E-state index contributed by atoms with van der Waals surface area (Å²) in [5.74, 6) is 1.84. The second-order valence-corrected chi connectivity index (χ2v) is 4.03. The number of rotatable bonds is 5. The lowest BCUT2D eigenvalue weighted by Crippen LogP contribution is -2.04. The molecule has 5 heteroatoms. The van der Waals surface area contributed by atoms with Crippen molar-refractivity contribution in [3.8, 4) is 11.6 Å². The van der Waals surface area contributed by atoms with Crippen LogP contribution in [-0.4, -0.2) is 17.1 Å². The first-order valence-electron chi connectivity index (χ1n) is 6.09. The third-order valence-corrected chi connectivity index (χ3v) is 2.83. The molecule has 1 heterocycles. The molecular weight excluding hydrogens is 242 g/mol. The van der Waals surface area contributed by atoms with Crippen molar-refractivity contribution in [2.45, 2.75) is 20.0 Å². The van der Waals surface area contributed by atoms with Crippen LogP contribution in [0.15, 0.2) is 30.6 Å². The lowest BCUT2D eigenvalue weighted by atomic mass is 10.2. The van der Waals surface area contributed by atoms with E-state index in [-0.39, 0.29) is 0 Å². The Morgan fingerprint density at radius 2 is 1.89 bits per heavy atom. The van der Waals surface area contributed by atoms with Crippen LogP contribution < -0.4 is 15.2 Å². The first kappa shape index (κ1) is 13.1. The number of benzene rings is 1. The fraction of sp³-hybridized carbons (Fsp3) is 0.286. The summed E-state index contributed by atoms with van der Waals surface area (Å²) in [6.07, 6.45) is 2.16. The minimum absolute atomic E-state index is 0.438. The summed E-state index contributed by atoms with van der Waals surface area (Å²) in [6.45, 7) is 2.43. The van der Waals surface area contributed by atoms with Crippen LogP contribution in [0.3, 0.4) is 0 Å². The van der Waals surface area contributed by atoms with Crippen molar-refractivity contribution in [2.75, 3.05) is 12.8 Å². The van der Waals surface area contributed by atoms with E-state index in [2.05, 4.69) is 9.97 Å². The Bertz CT molecular complexity index is 541. The second kappa shape index (κ2) is 6.04. The van der Waals surface area contributed by atoms with Gasteiger partial charge in [-0.05, 0) is 24.1 Å². The molecule has 0 saturated heterocycles. The van der Waals surface area contributed by atoms with Gasteiger partial charge in [0.05, 0.1) is 12.7 Å². The summed E-state index contributed by atoms with van der Waals surface area (Å²) in [7, 11) is 1.64. The molecule has 0 saturated carbocycles. The number of hydrogen-bond donors (Lipinski definition) is 1. The Labute approximate surface area is 112 Å². The average molecular weight is 259 g/mol. The fourth-order valence-electron chi connectivity index (χ4n) is 1.74. The van der Waals surface area contributed by atoms with Gasteiger partial charge in [0, 0.05) is 0 Å². The van der Waals surface area contributed by atoms with Crippen LogP contribution in [0.2, 0.25) is 0 Å². The average Bonchev–Trinajstić information content (AvgIpc) is 2.45. The van der Waals surface area contributed by atoms with Gasteiger partial charge in [0.2, 0.25) is 5.88 Å². The number of ether oxygens (including phenoxy) is 2. The zero-order chi connectivity index (χ0) is 13.7. The SMILES string of the molecule is CCc1c(N)ncnc1OCc1ccc(OC)cc1. The maximum atomic E-state index is 5.79. The first-order valence-corrected chi connectivity index (χ1v) is 6.09. The van der Waals surface area contributed by atoms with Gasteiger partial charge in [0.15, 0.2) is 0 Å². The highest BCUT2D eigenvalue weighted by Gasteiger charge is 2.08. The number of nitrogen functional groups attached to an aromatic ring is 1. The van der Waals surface area contributed by atoms with Crippen LogP contribution >= 0.6 is 0 Å². The van der Waals surface area contributed by atoms with Gasteiger partial charge in [0.1, 0.15) is 24.5 Å². The molecule has 2 N–H and O–H groups in total. The Morgan fingerprint density at radius 1 is 1.16 bits per heavy atom. The predicted octanol–water partition coefficient (Wildman–Crippen LogP) is 2.21. The molecule has 19 heavy (non-hydrogen) atoms. The minimum Gasteiger partial charge on any atom is -0.497 e. The highest BCUT2D eigenvalue weighted by Crippen LogP contribution is 2.21. The summed E-state index contributed by atoms with van der Waals surface area (Å²) in [4.78, 5) is 8.08. The summed E-state index contributed by atoms with van der Waals surface area (Å²) in [5, 5.41) is 0. The highest BCUT2D eigenvalue weighted by molar-refractivity contribution is 5.44. The summed E-state index contributed by atoms with van der Waals surface area (Å²) < 4.78 is 10.8. The smallest absolute Gasteiger partial charge is 0.222 e. The second-order valence-electron chi connectivity index (χ2n) is 4.03. The van der Waals surface area contributed by atoms with Crippen LogP contribution in [0.4, 0.5) is 5.82 Å². The van der Waals surface area contributed by atoms with Crippen molar-refractivity contribution >= 4 is 5.82 Å². The van der Waals surface area contributed by atoms with E-state index in [1.165, 1.54) is 6.33 Å². The van der Waals surface area contributed by atoms with E-state index in [0.29, 0.717) is 18.3 Å². The van der Waals surface area contributed by atoms with Gasteiger partial charge in [-0.2, -0.15) is 0 Å². The van der Waals surface area contributed by atoms with Gasteiger partial charge in [-0.3, -0.25) is 0 Å². The number of methoxy groups -OCH3 is 1. The standard InChI is InChI=1S/C14H17N3O2/c1-3-12-13(15)16-9-17-14(12)19-8-10-4-6-11(18-2)7-5-10/h4-7,9H,3,8H2,1-2H3,(H2,15,16,17). The fourth-order valence-corrected chi connectivity index (χ4v) is 1.74. The molecule has 5 nitrogen and oxygen atoms in total. The van der Waals surface area contributed by atoms with Crippen LogP contribution in [0, 0.1) is 0 Å². The van der Waals surface area contributed by atoms with Gasteiger partial charge in [0.25, 0.3) is 0 Å². The number of nitrogens with two attached hydrogens (primary N) is 1. The molecule has 1 aromatic carbocycles. The lowest BCUT2D eigenvalue weighted by molar-refractivity contribution is 0.290. The molecule has 0 spiro atoms. The van der Waals surface area contributed by atoms with Crippen LogP contribution in [-0.2, 0) is 13.0 Å². The molecule has 100 valence electrons.